The number of hydrogen-bond acceptors (Lipinski definition) is 5. The Labute approximate surface area is 95.4 Å². The van der Waals surface area contributed by atoms with Crippen LogP contribution in [0, 0.1) is 6.92 Å². The molecule has 1 aromatic heterocycles. The van der Waals surface area contributed by atoms with E-state index in [4.69, 9.17) is 10.5 Å². The molecule has 1 fully saturated rings. The van der Waals surface area contributed by atoms with Crippen LogP contribution in [0.3, 0.4) is 0 Å². The summed E-state index contributed by atoms with van der Waals surface area (Å²) in [6.45, 7) is 6.91. The fraction of sp³-hybridized carbons (Fsp3) is 0.636. The summed E-state index contributed by atoms with van der Waals surface area (Å²) in [6.07, 6.45) is 2.62. The Morgan fingerprint density at radius 3 is 2.94 bits per heavy atom. The van der Waals surface area contributed by atoms with Gasteiger partial charge in [0, 0.05) is 12.2 Å². The third-order valence-electron chi connectivity index (χ3n) is 3.41. The van der Waals surface area contributed by atoms with E-state index in [0.29, 0.717) is 5.82 Å². The summed E-state index contributed by atoms with van der Waals surface area (Å²) in [4.78, 5) is 8.18. The van der Waals surface area contributed by atoms with Gasteiger partial charge in [-0.25, -0.2) is 9.97 Å². The molecule has 0 amide bonds. The van der Waals surface area contributed by atoms with E-state index in [1.54, 1.807) is 0 Å². The van der Waals surface area contributed by atoms with Crippen molar-refractivity contribution in [2.24, 2.45) is 0 Å². The topological polar surface area (TPSA) is 73.1 Å². The minimum atomic E-state index is -0.0778. The van der Waals surface area contributed by atoms with Gasteiger partial charge in [0.1, 0.15) is 18.0 Å². The van der Waals surface area contributed by atoms with Crippen molar-refractivity contribution >= 4 is 11.6 Å². The summed E-state index contributed by atoms with van der Waals surface area (Å²) in [5.74, 6) is 1.32. The van der Waals surface area contributed by atoms with E-state index in [9.17, 15) is 0 Å². The Morgan fingerprint density at radius 2 is 2.31 bits per heavy atom. The number of nitrogens with zero attached hydrogens (tertiary/aromatic N) is 2. The highest BCUT2D eigenvalue weighted by Gasteiger charge is 2.37. The first-order valence-corrected chi connectivity index (χ1v) is 5.50. The van der Waals surface area contributed by atoms with Crippen molar-refractivity contribution in [1.82, 2.24) is 9.97 Å². The van der Waals surface area contributed by atoms with Crippen LogP contribution in [-0.2, 0) is 4.74 Å². The van der Waals surface area contributed by atoms with Crippen LogP contribution in [0.1, 0.15) is 25.8 Å². The molecule has 0 spiro atoms. The van der Waals surface area contributed by atoms with Gasteiger partial charge in [-0.15, -0.1) is 0 Å². The van der Waals surface area contributed by atoms with E-state index >= 15 is 0 Å². The van der Waals surface area contributed by atoms with Crippen molar-refractivity contribution in [3.8, 4) is 0 Å². The summed E-state index contributed by atoms with van der Waals surface area (Å²) in [6, 6.07) is 0. The van der Waals surface area contributed by atoms with Gasteiger partial charge in [-0.2, -0.15) is 0 Å². The van der Waals surface area contributed by atoms with E-state index in [0.717, 1.165) is 24.4 Å². The Balaban J connectivity index is 2.24. The summed E-state index contributed by atoms with van der Waals surface area (Å²) in [7, 11) is 0. The molecular weight excluding hydrogens is 204 g/mol. The van der Waals surface area contributed by atoms with Crippen LogP contribution < -0.4 is 11.1 Å². The van der Waals surface area contributed by atoms with Crippen molar-refractivity contribution in [2.45, 2.75) is 38.8 Å². The van der Waals surface area contributed by atoms with Crippen molar-refractivity contribution in [3.05, 3.63) is 11.9 Å². The summed E-state index contributed by atoms with van der Waals surface area (Å²) < 4.78 is 5.57. The van der Waals surface area contributed by atoms with Crippen LogP contribution in [0.4, 0.5) is 11.6 Å². The molecule has 2 heterocycles. The van der Waals surface area contributed by atoms with Crippen LogP contribution in [0.25, 0.3) is 0 Å². The van der Waals surface area contributed by atoms with Gasteiger partial charge in [0.2, 0.25) is 0 Å². The molecule has 0 bridgehead atoms. The van der Waals surface area contributed by atoms with Gasteiger partial charge in [0.05, 0.1) is 11.6 Å². The number of nitrogens with one attached hydrogen (secondary N) is 1. The predicted octanol–water partition coefficient (Wildman–Crippen LogP) is 1.35. The van der Waals surface area contributed by atoms with E-state index in [-0.39, 0.29) is 11.6 Å². The molecule has 2 rings (SSSR count). The molecule has 2 unspecified atom stereocenters. The van der Waals surface area contributed by atoms with Gasteiger partial charge in [0.15, 0.2) is 0 Å². The maximum absolute atomic E-state index is 5.75. The Hall–Kier alpha value is -1.36. The lowest BCUT2D eigenvalue weighted by molar-refractivity contribution is 0.105. The maximum Gasteiger partial charge on any atom is 0.134 e. The van der Waals surface area contributed by atoms with Gasteiger partial charge in [-0.05, 0) is 27.2 Å². The Bertz CT molecular complexity index is 396. The van der Waals surface area contributed by atoms with Gasteiger partial charge in [-0.3, -0.25) is 0 Å². The molecule has 3 N–H and O–H groups in total. The predicted molar refractivity (Wildman–Crippen MR) is 63.2 cm³/mol. The van der Waals surface area contributed by atoms with E-state index in [1.807, 2.05) is 6.92 Å². The zero-order valence-corrected chi connectivity index (χ0v) is 9.95. The molecule has 1 aliphatic heterocycles. The molecule has 0 aromatic carbocycles. The first-order chi connectivity index (χ1) is 7.53. The van der Waals surface area contributed by atoms with Gasteiger partial charge < -0.3 is 15.8 Å². The highest BCUT2D eigenvalue weighted by Crippen LogP contribution is 2.30. The molecule has 5 nitrogen and oxygen atoms in total. The monoisotopic (exact) mass is 222 g/mol. The molecule has 16 heavy (non-hydrogen) atoms. The molecular formula is C11H18N4O. The van der Waals surface area contributed by atoms with Crippen LogP contribution in [0.2, 0.25) is 0 Å². The SMILES string of the molecule is Cc1c(N)ncnc1NC1(C)CCOC1C. The smallest absolute Gasteiger partial charge is 0.134 e. The average Bonchev–Trinajstić information content (AvgIpc) is 2.55. The molecule has 2 atom stereocenters. The van der Waals surface area contributed by atoms with E-state index in [1.165, 1.54) is 6.33 Å². The highest BCUT2D eigenvalue weighted by molar-refractivity contribution is 5.55. The van der Waals surface area contributed by atoms with Crippen molar-refractivity contribution in [2.75, 3.05) is 17.7 Å². The number of nitrogens with two attached hydrogens (primary N) is 1. The number of hydrogen-bond donors (Lipinski definition) is 2. The first-order valence-electron chi connectivity index (χ1n) is 5.50. The second-order valence-corrected chi connectivity index (χ2v) is 4.54. The van der Waals surface area contributed by atoms with Crippen LogP contribution in [0.15, 0.2) is 6.33 Å². The van der Waals surface area contributed by atoms with E-state index in [2.05, 4.69) is 29.1 Å². The third-order valence-corrected chi connectivity index (χ3v) is 3.41. The minimum absolute atomic E-state index is 0.0778. The quantitative estimate of drug-likeness (QED) is 0.790. The molecule has 88 valence electrons. The largest absolute Gasteiger partial charge is 0.383 e. The van der Waals surface area contributed by atoms with Crippen molar-refractivity contribution in [3.63, 3.8) is 0 Å². The first kappa shape index (κ1) is 11.1. The zero-order chi connectivity index (χ0) is 11.8. The molecule has 1 saturated heterocycles. The second kappa shape index (κ2) is 3.90. The third kappa shape index (κ3) is 1.82. The average molecular weight is 222 g/mol. The van der Waals surface area contributed by atoms with Gasteiger partial charge >= 0.3 is 0 Å². The molecule has 1 aromatic rings. The maximum atomic E-state index is 5.75. The van der Waals surface area contributed by atoms with Crippen molar-refractivity contribution < 1.29 is 4.74 Å². The number of rotatable bonds is 2. The fourth-order valence-electron chi connectivity index (χ4n) is 1.86. The normalized spacial score (nSPS) is 29.3. The standard InChI is InChI=1S/C11H18N4O/c1-7-9(12)13-6-14-10(7)15-11(3)4-5-16-8(11)2/h6,8H,4-5H2,1-3H3,(H3,12,13,14,15). The zero-order valence-electron chi connectivity index (χ0n) is 9.95. The highest BCUT2D eigenvalue weighted by atomic mass is 16.5. The lowest BCUT2D eigenvalue weighted by Gasteiger charge is -2.30. The summed E-state index contributed by atoms with van der Waals surface area (Å²) in [5.41, 5.74) is 6.56. The molecule has 1 aliphatic rings. The molecule has 0 radical (unpaired) electrons. The summed E-state index contributed by atoms with van der Waals surface area (Å²) >= 11 is 0. The number of nitrogen functional groups attached to an aromatic ring is 1. The number of ether oxygens (including phenoxy) is 1. The van der Waals surface area contributed by atoms with Gasteiger partial charge in [0.25, 0.3) is 0 Å². The van der Waals surface area contributed by atoms with Crippen LogP contribution in [0.5, 0.6) is 0 Å². The second-order valence-electron chi connectivity index (χ2n) is 4.54. The van der Waals surface area contributed by atoms with Crippen LogP contribution in [-0.4, -0.2) is 28.2 Å². The fourth-order valence-corrected chi connectivity index (χ4v) is 1.86. The lowest BCUT2D eigenvalue weighted by Crippen LogP contribution is -2.41. The Morgan fingerprint density at radius 1 is 1.56 bits per heavy atom. The molecule has 0 saturated carbocycles. The Kier molecular flexibility index (Phi) is 2.71. The molecule has 0 aliphatic carbocycles. The van der Waals surface area contributed by atoms with E-state index < -0.39 is 0 Å². The number of anilines is 2. The van der Waals surface area contributed by atoms with Crippen LogP contribution >= 0.6 is 0 Å². The lowest BCUT2D eigenvalue weighted by atomic mass is 9.94. The molecule has 5 heteroatoms. The minimum Gasteiger partial charge on any atom is -0.383 e. The van der Waals surface area contributed by atoms with Gasteiger partial charge in [-0.1, -0.05) is 0 Å². The number of aromatic nitrogens is 2. The van der Waals surface area contributed by atoms with Crippen molar-refractivity contribution in [1.29, 1.82) is 0 Å². The summed E-state index contributed by atoms with van der Waals surface area (Å²) in [5, 5.41) is 3.42.